The average molecular weight is 424 g/mol. The van der Waals surface area contributed by atoms with E-state index in [2.05, 4.69) is 4.98 Å². The third-order valence-electron chi connectivity index (χ3n) is 5.14. The Balaban J connectivity index is 2.07. The first-order valence-corrected chi connectivity index (χ1v) is 10.3. The van der Waals surface area contributed by atoms with Gasteiger partial charge in [0.1, 0.15) is 11.5 Å². The van der Waals surface area contributed by atoms with E-state index in [-0.39, 0.29) is 17.4 Å². The number of amides is 1. The molecule has 1 N–H and O–H groups in total. The smallest absolute Gasteiger partial charge is 0.295 e. The van der Waals surface area contributed by atoms with Gasteiger partial charge >= 0.3 is 0 Å². The molecule has 31 heavy (non-hydrogen) atoms. The van der Waals surface area contributed by atoms with E-state index in [9.17, 15) is 14.7 Å². The Morgan fingerprint density at radius 3 is 2.68 bits per heavy atom. The van der Waals surface area contributed by atoms with Crippen molar-refractivity contribution in [3.63, 3.8) is 0 Å². The van der Waals surface area contributed by atoms with Gasteiger partial charge in [0.25, 0.3) is 11.7 Å². The fraction of sp³-hybridized carbons (Fsp3) is 0.375. The number of ketones is 1. The van der Waals surface area contributed by atoms with Crippen LogP contribution in [0.2, 0.25) is 0 Å². The standard InChI is InChI=1S/C24H28N2O5/c1-15(2)31-12-6-11-26-21(17-7-5-10-25-14-17)20(23(28)24(26)29)22(27)18-13-16(3)8-9-19(18)30-4/h5,7-10,13-15,21,27H,6,11-12H2,1-4H3/b22-20+. The zero-order chi connectivity index (χ0) is 22.5. The van der Waals surface area contributed by atoms with Crippen molar-refractivity contribution in [2.24, 2.45) is 0 Å². The molecule has 0 spiro atoms. The predicted octanol–water partition coefficient (Wildman–Crippen LogP) is 3.64. The largest absolute Gasteiger partial charge is 0.507 e. The number of pyridine rings is 1. The van der Waals surface area contributed by atoms with Crippen LogP contribution < -0.4 is 4.74 Å². The molecule has 0 radical (unpaired) electrons. The van der Waals surface area contributed by atoms with E-state index in [0.717, 1.165) is 5.56 Å². The summed E-state index contributed by atoms with van der Waals surface area (Å²) in [6, 6.07) is 8.10. The van der Waals surface area contributed by atoms with Crippen LogP contribution in [0.25, 0.3) is 5.76 Å². The van der Waals surface area contributed by atoms with Gasteiger partial charge < -0.3 is 19.5 Å². The third kappa shape index (κ3) is 4.77. The van der Waals surface area contributed by atoms with Crippen LogP contribution in [0.1, 0.15) is 43.0 Å². The maximum absolute atomic E-state index is 13.0. The first-order valence-electron chi connectivity index (χ1n) is 10.3. The van der Waals surface area contributed by atoms with Gasteiger partial charge in [0.15, 0.2) is 0 Å². The number of carbonyl (C=O) groups excluding carboxylic acids is 2. The number of likely N-dealkylation sites (tertiary alicyclic amines) is 1. The van der Waals surface area contributed by atoms with Gasteiger partial charge in [-0.1, -0.05) is 17.7 Å². The van der Waals surface area contributed by atoms with E-state index in [1.165, 1.54) is 12.0 Å². The Kier molecular flexibility index (Phi) is 7.07. The molecule has 1 aromatic carbocycles. The van der Waals surface area contributed by atoms with E-state index in [1.54, 1.807) is 36.7 Å². The third-order valence-corrected chi connectivity index (χ3v) is 5.14. The van der Waals surface area contributed by atoms with Crippen LogP contribution >= 0.6 is 0 Å². The monoisotopic (exact) mass is 424 g/mol. The SMILES string of the molecule is COc1ccc(C)cc1/C(O)=C1\C(=O)C(=O)N(CCCOC(C)C)C1c1cccnc1. The molecule has 164 valence electrons. The molecule has 7 nitrogen and oxygen atoms in total. The number of ether oxygens (including phenoxy) is 2. The fourth-order valence-corrected chi connectivity index (χ4v) is 3.70. The molecule has 0 aliphatic carbocycles. The maximum atomic E-state index is 13.0. The van der Waals surface area contributed by atoms with Crippen LogP contribution in [0.15, 0.2) is 48.3 Å². The zero-order valence-corrected chi connectivity index (χ0v) is 18.3. The number of aryl methyl sites for hydroxylation is 1. The van der Waals surface area contributed by atoms with Crippen molar-refractivity contribution in [1.29, 1.82) is 0 Å². The summed E-state index contributed by atoms with van der Waals surface area (Å²) in [4.78, 5) is 31.6. The highest BCUT2D eigenvalue weighted by Gasteiger charge is 2.46. The normalized spacial score (nSPS) is 18.1. The summed E-state index contributed by atoms with van der Waals surface area (Å²) in [5, 5.41) is 11.2. The number of aromatic nitrogens is 1. The van der Waals surface area contributed by atoms with E-state index in [0.29, 0.717) is 36.4 Å². The van der Waals surface area contributed by atoms with Crippen LogP contribution in [0, 0.1) is 6.92 Å². The number of Topliss-reactive ketones (excluding diaryl/α,β-unsaturated/α-hetero) is 1. The summed E-state index contributed by atoms with van der Waals surface area (Å²) >= 11 is 0. The minimum absolute atomic E-state index is 0.0340. The van der Waals surface area contributed by atoms with E-state index in [1.807, 2.05) is 26.8 Å². The average Bonchev–Trinajstić information content (AvgIpc) is 3.01. The molecule has 7 heteroatoms. The lowest BCUT2D eigenvalue weighted by atomic mass is 9.95. The minimum atomic E-state index is -0.738. The van der Waals surface area contributed by atoms with Crippen LogP contribution in [-0.2, 0) is 14.3 Å². The molecule has 1 amide bonds. The Morgan fingerprint density at radius 1 is 1.26 bits per heavy atom. The molecule has 2 heterocycles. The van der Waals surface area contributed by atoms with Crippen molar-refractivity contribution in [2.75, 3.05) is 20.3 Å². The van der Waals surface area contributed by atoms with Crippen molar-refractivity contribution in [3.8, 4) is 5.75 Å². The van der Waals surface area contributed by atoms with Gasteiger partial charge in [0, 0.05) is 25.5 Å². The molecule has 1 saturated heterocycles. The molecule has 0 bridgehead atoms. The summed E-state index contributed by atoms with van der Waals surface area (Å²) in [6.45, 7) is 6.54. The van der Waals surface area contributed by atoms with Crippen molar-refractivity contribution >= 4 is 17.4 Å². The molecule has 1 atom stereocenters. The van der Waals surface area contributed by atoms with Crippen LogP contribution in [0.4, 0.5) is 0 Å². The predicted molar refractivity (Wildman–Crippen MR) is 117 cm³/mol. The van der Waals surface area contributed by atoms with Gasteiger partial charge in [-0.15, -0.1) is 0 Å². The number of aliphatic hydroxyl groups is 1. The molecular formula is C24H28N2O5. The molecule has 1 aliphatic heterocycles. The second-order valence-corrected chi connectivity index (χ2v) is 7.76. The number of hydrogen-bond donors (Lipinski definition) is 1. The number of aliphatic hydroxyl groups excluding tert-OH is 1. The first-order chi connectivity index (χ1) is 14.8. The van der Waals surface area contributed by atoms with Gasteiger partial charge in [-0.3, -0.25) is 14.6 Å². The van der Waals surface area contributed by atoms with Gasteiger partial charge in [-0.05, 0) is 51.0 Å². The van der Waals surface area contributed by atoms with Crippen LogP contribution in [0.3, 0.4) is 0 Å². The topological polar surface area (TPSA) is 89.0 Å². The summed E-state index contributed by atoms with van der Waals surface area (Å²) in [7, 11) is 1.49. The molecule has 1 aromatic heterocycles. The lowest BCUT2D eigenvalue weighted by Gasteiger charge is -2.25. The lowest BCUT2D eigenvalue weighted by Crippen LogP contribution is -2.31. The molecule has 1 aliphatic rings. The van der Waals surface area contributed by atoms with E-state index >= 15 is 0 Å². The Morgan fingerprint density at radius 2 is 2.03 bits per heavy atom. The molecule has 3 rings (SSSR count). The number of benzene rings is 1. The van der Waals surface area contributed by atoms with Crippen LogP contribution in [0.5, 0.6) is 5.75 Å². The fourth-order valence-electron chi connectivity index (χ4n) is 3.70. The van der Waals surface area contributed by atoms with Crippen molar-refractivity contribution in [2.45, 2.75) is 39.3 Å². The Bertz CT molecular complexity index is 985. The van der Waals surface area contributed by atoms with Crippen LogP contribution in [-0.4, -0.2) is 53.0 Å². The Hall–Kier alpha value is -3.19. The maximum Gasteiger partial charge on any atom is 0.295 e. The number of nitrogens with zero attached hydrogens (tertiary/aromatic N) is 2. The highest BCUT2D eigenvalue weighted by atomic mass is 16.5. The summed E-state index contributed by atoms with van der Waals surface area (Å²) < 4.78 is 11.0. The second kappa shape index (κ2) is 9.75. The summed E-state index contributed by atoms with van der Waals surface area (Å²) in [6.07, 6.45) is 3.87. The van der Waals surface area contributed by atoms with Crippen molar-refractivity contribution in [3.05, 3.63) is 65.0 Å². The van der Waals surface area contributed by atoms with E-state index in [4.69, 9.17) is 9.47 Å². The highest BCUT2D eigenvalue weighted by Crippen LogP contribution is 2.40. The van der Waals surface area contributed by atoms with E-state index < -0.39 is 17.7 Å². The molecule has 0 saturated carbocycles. The lowest BCUT2D eigenvalue weighted by molar-refractivity contribution is -0.140. The first kappa shape index (κ1) is 22.5. The highest BCUT2D eigenvalue weighted by molar-refractivity contribution is 6.46. The second-order valence-electron chi connectivity index (χ2n) is 7.76. The molecular weight excluding hydrogens is 396 g/mol. The molecule has 1 unspecified atom stereocenters. The minimum Gasteiger partial charge on any atom is -0.507 e. The number of rotatable bonds is 8. The van der Waals surface area contributed by atoms with Gasteiger partial charge in [0.05, 0.1) is 30.4 Å². The molecule has 1 fully saturated rings. The van der Waals surface area contributed by atoms with Crippen molar-refractivity contribution in [1.82, 2.24) is 9.88 Å². The number of methoxy groups -OCH3 is 1. The van der Waals surface area contributed by atoms with Gasteiger partial charge in [0.2, 0.25) is 0 Å². The number of hydrogen-bond acceptors (Lipinski definition) is 6. The zero-order valence-electron chi connectivity index (χ0n) is 18.3. The quantitative estimate of drug-likeness (QED) is 0.301. The van der Waals surface area contributed by atoms with Crippen molar-refractivity contribution < 1.29 is 24.2 Å². The molecule has 2 aromatic rings. The summed E-state index contributed by atoms with van der Waals surface area (Å²) in [5.41, 5.74) is 1.95. The van der Waals surface area contributed by atoms with Gasteiger partial charge in [-0.2, -0.15) is 0 Å². The Labute approximate surface area is 182 Å². The summed E-state index contributed by atoms with van der Waals surface area (Å²) in [5.74, 6) is -1.20. The van der Waals surface area contributed by atoms with Gasteiger partial charge in [-0.25, -0.2) is 0 Å². The number of carbonyl (C=O) groups is 2.